The van der Waals surface area contributed by atoms with Crippen LogP contribution < -0.4 is 10.6 Å². The average Bonchev–Trinajstić information content (AvgIpc) is 3.02. The quantitative estimate of drug-likeness (QED) is 0.864. The predicted molar refractivity (Wildman–Crippen MR) is 102 cm³/mol. The van der Waals surface area contributed by atoms with E-state index in [0.29, 0.717) is 6.42 Å². The molecule has 136 valence electrons. The highest BCUT2D eigenvalue weighted by Crippen LogP contribution is 2.26. The zero-order valence-corrected chi connectivity index (χ0v) is 15.2. The van der Waals surface area contributed by atoms with E-state index in [9.17, 15) is 4.79 Å². The second kappa shape index (κ2) is 7.41. The molecule has 0 saturated carbocycles. The second-order valence-electron chi connectivity index (χ2n) is 7.00. The van der Waals surface area contributed by atoms with Gasteiger partial charge < -0.3 is 15.5 Å². The lowest BCUT2D eigenvalue weighted by Gasteiger charge is -2.23. The monoisotopic (exact) mass is 351 g/mol. The Balaban J connectivity index is 1.63. The fraction of sp³-hybridized carbons (Fsp3) is 0.450. The molecule has 6 nitrogen and oxygen atoms in total. The fourth-order valence-electron chi connectivity index (χ4n) is 3.74. The van der Waals surface area contributed by atoms with Crippen LogP contribution in [0.3, 0.4) is 0 Å². The molecule has 6 heteroatoms. The minimum Gasteiger partial charge on any atom is -0.365 e. The van der Waals surface area contributed by atoms with Crippen molar-refractivity contribution in [2.45, 2.75) is 38.8 Å². The van der Waals surface area contributed by atoms with E-state index < -0.39 is 0 Å². The standard InChI is InChI=1S/C20H25N5O/c1-2-10-25-13-15(11-18(25)26)22-20-16-8-9-21-12-17(16)23-19(24-20)14-6-4-3-5-7-14/h3-7,15,21H,2,8-13H2,1H3,(H,22,23,24)/t15-/m1/s1. The Morgan fingerprint density at radius 3 is 2.92 bits per heavy atom. The van der Waals surface area contributed by atoms with Gasteiger partial charge in [-0.3, -0.25) is 4.79 Å². The summed E-state index contributed by atoms with van der Waals surface area (Å²) in [5, 5.41) is 6.95. The molecule has 0 spiro atoms. The normalized spacial score (nSPS) is 19.5. The first-order valence-electron chi connectivity index (χ1n) is 9.45. The minimum absolute atomic E-state index is 0.117. The van der Waals surface area contributed by atoms with Crippen LogP contribution in [-0.2, 0) is 17.8 Å². The van der Waals surface area contributed by atoms with Crippen molar-refractivity contribution in [1.29, 1.82) is 0 Å². The number of nitrogens with zero attached hydrogens (tertiary/aromatic N) is 3. The van der Waals surface area contributed by atoms with E-state index in [2.05, 4.69) is 17.6 Å². The number of nitrogens with one attached hydrogen (secondary N) is 2. The van der Waals surface area contributed by atoms with E-state index in [-0.39, 0.29) is 11.9 Å². The van der Waals surface area contributed by atoms with Gasteiger partial charge >= 0.3 is 0 Å². The van der Waals surface area contributed by atoms with Crippen molar-refractivity contribution in [2.75, 3.05) is 25.0 Å². The van der Waals surface area contributed by atoms with Gasteiger partial charge in [-0.1, -0.05) is 37.3 Å². The van der Waals surface area contributed by atoms with Crippen molar-refractivity contribution in [3.63, 3.8) is 0 Å². The van der Waals surface area contributed by atoms with Gasteiger partial charge in [-0.2, -0.15) is 0 Å². The van der Waals surface area contributed by atoms with Crippen LogP contribution in [-0.4, -0.2) is 46.5 Å². The highest BCUT2D eigenvalue weighted by molar-refractivity contribution is 5.80. The van der Waals surface area contributed by atoms with Crippen molar-refractivity contribution in [1.82, 2.24) is 20.2 Å². The van der Waals surface area contributed by atoms with Gasteiger partial charge in [-0.05, 0) is 19.4 Å². The van der Waals surface area contributed by atoms with E-state index >= 15 is 0 Å². The summed E-state index contributed by atoms with van der Waals surface area (Å²) in [5.74, 6) is 1.87. The molecule has 1 fully saturated rings. The Hall–Kier alpha value is -2.47. The van der Waals surface area contributed by atoms with Crippen LogP contribution >= 0.6 is 0 Å². The third kappa shape index (κ3) is 3.42. The molecule has 2 aliphatic heterocycles. The maximum absolute atomic E-state index is 12.2. The van der Waals surface area contributed by atoms with E-state index in [1.165, 1.54) is 5.56 Å². The highest BCUT2D eigenvalue weighted by Gasteiger charge is 2.30. The molecule has 1 atom stereocenters. The van der Waals surface area contributed by atoms with Crippen molar-refractivity contribution < 1.29 is 4.79 Å². The van der Waals surface area contributed by atoms with Crippen LogP contribution in [0, 0.1) is 0 Å². The number of benzene rings is 1. The van der Waals surface area contributed by atoms with E-state index in [4.69, 9.17) is 9.97 Å². The second-order valence-corrected chi connectivity index (χ2v) is 7.00. The van der Waals surface area contributed by atoms with Gasteiger partial charge in [0.1, 0.15) is 5.82 Å². The first kappa shape index (κ1) is 17.0. The van der Waals surface area contributed by atoms with Crippen molar-refractivity contribution in [3.05, 3.63) is 41.6 Å². The largest absolute Gasteiger partial charge is 0.365 e. The summed E-state index contributed by atoms with van der Waals surface area (Å²) in [6, 6.07) is 10.2. The summed E-state index contributed by atoms with van der Waals surface area (Å²) in [5.41, 5.74) is 3.26. The summed E-state index contributed by atoms with van der Waals surface area (Å²) >= 11 is 0. The number of hydrogen-bond donors (Lipinski definition) is 2. The summed E-state index contributed by atoms with van der Waals surface area (Å²) in [6.45, 7) is 5.38. The predicted octanol–water partition coefficient (Wildman–Crippen LogP) is 2.21. The molecule has 0 unspecified atom stereocenters. The zero-order chi connectivity index (χ0) is 17.9. The summed E-state index contributed by atoms with van der Waals surface area (Å²) < 4.78 is 0. The number of anilines is 1. The van der Waals surface area contributed by atoms with Gasteiger partial charge in [0, 0.05) is 37.2 Å². The number of hydrogen-bond acceptors (Lipinski definition) is 5. The number of amides is 1. The molecule has 2 N–H and O–H groups in total. The lowest BCUT2D eigenvalue weighted by molar-refractivity contribution is -0.127. The number of carbonyl (C=O) groups is 1. The van der Waals surface area contributed by atoms with Crippen LogP contribution in [0.25, 0.3) is 11.4 Å². The molecule has 3 heterocycles. The zero-order valence-electron chi connectivity index (χ0n) is 15.2. The number of fused-ring (bicyclic) bond motifs is 1. The maximum atomic E-state index is 12.2. The van der Waals surface area contributed by atoms with E-state index in [1.54, 1.807) is 0 Å². The Labute approximate surface area is 154 Å². The molecule has 0 radical (unpaired) electrons. The van der Waals surface area contributed by atoms with Gasteiger partial charge in [-0.15, -0.1) is 0 Å². The molecular formula is C20H25N5O. The summed E-state index contributed by atoms with van der Waals surface area (Å²) in [4.78, 5) is 23.8. The Kier molecular flexibility index (Phi) is 4.84. The number of aromatic nitrogens is 2. The number of carbonyl (C=O) groups excluding carboxylic acids is 1. The molecule has 1 aromatic heterocycles. The minimum atomic E-state index is 0.117. The van der Waals surface area contributed by atoms with Crippen LogP contribution in [0.2, 0.25) is 0 Å². The lowest BCUT2D eigenvalue weighted by atomic mass is 10.1. The molecule has 1 saturated heterocycles. The Morgan fingerprint density at radius 1 is 1.27 bits per heavy atom. The molecule has 4 rings (SSSR count). The van der Waals surface area contributed by atoms with Gasteiger partial charge in [0.25, 0.3) is 0 Å². The summed E-state index contributed by atoms with van der Waals surface area (Å²) in [7, 11) is 0. The van der Waals surface area contributed by atoms with Gasteiger partial charge in [-0.25, -0.2) is 9.97 Å². The van der Waals surface area contributed by atoms with Crippen LogP contribution in [0.15, 0.2) is 30.3 Å². The molecule has 0 aliphatic carbocycles. The molecular weight excluding hydrogens is 326 g/mol. The van der Waals surface area contributed by atoms with E-state index in [0.717, 1.165) is 61.9 Å². The van der Waals surface area contributed by atoms with Crippen molar-refractivity contribution in [3.8, 4) is 11.4 Å². The topological polar surface area (TPSA) is 70.2 Å². The van der Waals surface area contributed by atoms with Gasteiger partial charge in [0.15, 0.2) is 5.82 Å². The number of likely N-dealkylation sites (tertiary alicyclic amines) is 1. The molecule has 2 aliphatic rings. The molecule has 1 aromatic carbocycles. The molecule has 1 amide bonds. The third-order valence-electron chi connectivity index (χ3n) is 5.02. The SMILES string of the molecule is CCCN1C[C@H](Nc2nc(-c3ccccc3)nc3c2CCNC3)CC1=O. The number of rotatable bonds is 5. The van der Waals surface area contributed by atoms with Crippen LogP contribution in [0.5, 0.6) is 0 Å². The van der Waals surface area contributed by atoms with E-state index in [1.807, 2.05) is 35.2 Å². The third-order valence-corrected chi connectivity index (χ3v) is 5.02. The van der Waals surface area contributed by atoms with Crippen LogP contribution in [0.1, 0.15) is 31.0 Å². The Bertz CT molecular complexity index is 792. The lowest BCUT2D eigenvalue weighted by Crippen LogP contribution is -2.31. The van der Waals surface area contributed by atoms with Gasteiger partial charge in [0.2, 0.25) is 5.91 Å². The Morgan fingerprint density at radius 2 is 2.12 bits per heavy atom. The highest BCUT2D eigenvalue weighted by atomic mass is 16.2. The molecule has 26 heavy (non-hydrogen) atoms. The smallest absolute Gasteiger partial charge is 0.224 e. The first-order valence-corrected chi connectivity index (χ1v) is 9.45. The summed E-state index contributed by atoms with van der Waals surface area (Å²) in [6.07, 6.45) is 2.44. The van der Waals surface area contributed by atoms with Crippen molar-refractivity contribution in [2.24, 2.45) is 0 Å². The fourth-order valence-corrected chi connectivity index (χ4v) is 3.74. The average molecular weight is 351 g/mol. The van der Waals surface area contributed by atoms with Crippen LogP contribution in [0.4, 0.5) is 5.82 Å². The van der Waals surface area contributed by atoms with Gasteiger partial charge in [0.05, 0.1) is 11.7 Å². The first-order chi connectivity index (χ1) is 12.7. The maximum Gasteiger partial charge on any atom is 0.224 e. The van der Waals surface area contributed by atoms with Crippen molar-refractivity contribution >= 4 is 11.7 Å². The molecule has 2 aromatic rings. The molecule has 0 bridgehead atoms.